The minimum Gasteiger partial charge on any atom is -0.369 e. The third-order valence-electron chi connectivity index (χ3n) is 3.72. The van der Waals surface area contributed by atoms with Crippen molar-refractivity contribution in [2.45, 2.75) is 5.25 Å². The Morgan fingerprint density at radius 2 is 2.13 bits per heavy atom. The first-order valence-electron chi connectivity index (χ1n) is 7.59. The first kappa shape index (κ1) is 14.8. The predicted octanol–water partition coefficient (Wildman–Crippen LogP) is 3.05. The number of nitrogens with zero attached hydrogens (tertiary/aromatic N) is 4. The molecule has 1 aliphatic rings. The lowest BCUT2D eigenvalue weighted by molar-refractivity contribution is 0.912. The molecule has 7 heteroatoms. The quantitative estimate of drug-likeness (QED) is 0.786. The summed E-state index contributed by atoms with van der Waals surface area (Å²) in [6, 6.07) is 12.2. The van der Waals surface area contributed by atoms with Crippen LogP contribution in [0, 0.1) is 0 Å². The van der Waals surface area contributed by atoms with Crippen molar-refractivity contribution >= 4 is 35.1 Å². The highest BCUT2D eigenvalue weighted by Crippen LogP contribution is 2.25. The van der Waals surface area contributed by atoms with Crippen LogP contribution >= 0.6 is 23.5 Å². The van der Waals surface area contributed by atoms with Crippen molar-refractivity contribution in [2.75, 3.05) is 29.1 Å². The van der Waals surface area contributed by atoms with Gasteiger partial charge in [-0.2, -0.15) is 38.1 Å². The summed E-state index contributed by atoms with van der Waals surface area (Å²) < 4.78 is 1.77. The molecule has 0 amide bonds. The van der Waals surface area contributed by atoms with Gasteiger partial charge in [-0.3, -0.25) is 0 Å². The molecule has 118 valence electrons. The van der Waals surface area contributed by atoms with Crippen LogP contribution in [0.25, 0.3) is 17.0 Å². The lowest BCUT2D eigenvalue weighted by Crippen LogP contribution is -2.24. The Balaban J connectivity index is 1.63. The van der Waals surface area contributed by atoms with Gasteiger partial charge in [-0.1, -0.05) is 30.3 Å². The monoisotopic (exact) mass is 343 g/mol. The summed E-state index contributed by atoms with van der Waals surface area (Å²) in [4.78, 5) is 8.85. The summed E-state index contributed by atoms with van der Waals surface area (Å²) in [5.41, 5.74) is 2.00. The molecule has 1 aromatic carbocycles. The predicted molar refractivity (Wildman–Crippen MR) is 98.3 cm³/mol. The lowest BCUT2D eigenvalue weighted by Gasteiger charge is -2.21. The molecule has 3 aromatic rings. The molecule has 0 bridgehead atoms. The molecule has 0 radical (unpaired) electrons. The van der Waals surface area contributed by atoms with Crippen molar-refractivity contribution in [3.63, 3.8) is 0 Å². The molecule has 1 atom stereocenters. The van der Waals surface area contributed by atoms with Crippen LogP contribution in [0.15, 0.2) is 42.7 Å². The Morgan fingerprint density at radius 1 is 1.22 bits per heavy atom. The van der Waals surface area contributed by atoms with Gasteiger partial charge in [-0.05, 0) is 0 Å². The SMILES string of the molecule is c1ccc(-c2cc(NCC3CSCCS3)n3ncnc3n2)cc1. The van der Waals surface area contributed by atoms with E-state index in [1.807, 2.05) is 41.7 Å². The van der Waals surface area contributed by atoms with Crippen LogP contribution in [0.2, 0.25) is 0 Å². The maximum atomic E-state index is 4.60. The molecule has 0 spiro atoms. The maximum absolute atomic E-state index is 4.60. The molecule has 2 aromatic heterocycles. The van der Waals surface area contributed by atoms with Gasteiger partial charge in [-0.25, -0.2) is 4.98 Å². The topological polar surface area (TPSA) is 55.1 Å². The van der Waals surface area contributed by atoms with Crippen LogP contribution in [-0.2, 0) is 0 Å². The smallest absolute Gasteiger partial charge is 0.254 e. The van der Waals surface area contributed by atoms with Gasteiger partial charge in [0.1, 0.15) is 12.1 Å². The van der Waals surface area contributed by atoms with E-state index < -0.39 is 0 Å². The zero-order chi connectivity index (χ0) is 15.5. The van der Waals surface area contributed by atoms with E-state index in [4.69, 9.17) is 0 Å². The molecule has 3 heterocycles. The number of aromatic nitrogens is 4. The van der Waals surface area contributed by atoms with Gasteiger partial charge in [0.05, 0.1) is 5.69 Å². The number of hydrogen-bond donors (Lipinski definition) is 1. The van der Waals surface area contributed by atoms with Crippen molar-refractivity contribution in [3.8, 4) is 11.3 Å². The number of benzene rings is 1. The third-order valence-corrected chi connectivity index (χ3v) is 6.56. The first-order chi connectivity index (χ1) is 11.4. The second-order valence-electron chi connectivity index (χ2n) is 5.31. The summed E-state index contributed by atoms with van der Waals surface area (Å²) in [5.74, 6) is 5.28. The molecule has 1 unspecified atom stereocenters. The number of thioether (sulfide) groups is 2. The third kappa shape index (κ3) is 3.30. The molecule has 0 aliphatic carbocycles. The highest BCUT2D eigenvalue weighted by molar-refractivity contribution is 8.06. The zero-order valence-electron chi connectivity index (χ0n) is 12.6. The average Bonchev–Trinajstić information content (AvgIpc) is 3.10. The average molecular weight is 343 g/mol. The molecule has 0 saturated carbocycles. The van der Waals surface area contributed by atoms with Crippen LogP contribution in [0.4, 0.5) is 5.82 Å². The molecule has 23 heavy (non-hydrogen) atoms. The van der Waals surface area contributed by atoms with E-state index in [9.17, 15) is 0 Å². The summed E-state index contributed by atoms with van der Waals surface area (Å²) in [6.45, 7) is 0.935. The largest absolute Gasteiger partial charge is 0.369 e. The van der Waals surface area contributed by atoms with E-state index in [-0.39, 0.29) is 0 Å². The van der Waals surface area contributed by atoms with Crippen LogP contribution in [0.3, 0.4) is 0 Å². The van der Waals surface area contributed by atoms with Crippen molar-refractivity contribution < 1.29 is 0 Å². The van der Waals surface area contributed by atoms with E-state index in [1.54, 1.807) is 10.8 Å². The Hall–Kier alpha value is -1.73. The molecule has 5 nitrogen and oxygen atoms in total. The van der Waals surface area contributed by atoms with Crippen LogP contribution in [0.1, 0.15) is 0 Å². The summed E-state index contributed by atoms with van der Waals surface area (Å²) in [6.07, 6.45) is 1.55. The molecule has 4 rings (SSSR count). The fourth-order valence-electron chi connectivity index (χ4n) is 2.57. The summed E-state index contributed by atoms with van der Waals surface area (Å²) in [5, 5.41) is 8.47. The van der Waals surface area contributed by atoms with Gasteiger partial charge in [-0.15, -0.1) is 0 Å². The Kier molecular flexibility index (Phi) is 4.39. The Labute approximate surface area is 143 Å². The standard InChI is InChI=1S/C16H17N5S2/c1-2-4-12(5-3-1)14-8-15(21-16(20-14)18-11-19-21)17-9-13-10-22-6-7-23-13/h1-5,8,11,13,17H,6-7,9-10H2. The van der Waals surface area contributed by atoms with Crippen LogP contribution < -0.4 is 5.32 Å². The second-order valence-corrected chi connectivity index (χ2v) is 7.87. The number of rotatable bonds is 4. The van der Waals surface area contributed by atoms with Crippen LogP contribution in [-0.4, -0.2) is 48.6 Å². The van der Waals surface area contributed by atoms with E-state index in [0.29, 0.717) is 11.0 Å². The number of hydrogen-bond acceptors (Lipinski definition) is 6. The minimum atomic E-state index is 0.625. The lowest BCUT2D eigenvalue weighted by atomic mass is 10.1. The van der Waals surface area contributed by atoms with E-state index >= 15 is 0 Å². The van der Waals surface area contributed by atoms with Gasteiger partial charge >= 0.3 is 0 Å². The van der Waals surface area contributed by atoms with Crippen molar-refractivity contribution in [1.82, 2.24) is 19.6 Å². The van der Waals surface area contributed by atoms with Crippen LogP contribution in [0.5, 0.6) is 0 Å². The number of anilines is 1. The van der Waals surface area contributed by atoms with Crippen molar-refractivity contribution in [1.29, 1.82) is 0 Å². The molecule has 1 N–H and O–H groups in total. The van der Waals surface area contributed by atoms with Gasteiger partial charge in [0.25, 0.3) is 5.78 Å². The van der Waals surface area contributed by atoms with E-state index in [0.717, 1.165) is 23.6 Å². The van der Waals surface area contributed by atoms with E-state index in [2.05, 4.69) is 38.6 Å². The van der Waals surface area contributed by atoms with Gasteiger partial charge in [0.15, 0.2) is 0 Å². The summed E-state index contributed by atoms with van der Waals surface area (Å²) >= 11 is 4.08. The highest BCUT2D eigenvalue weighted by atomic mass is 32.2. The number of nitrogens with one attached hydrogen (secondary N) is 1. The van der Waals surface area contributed by atoms with Gasteiger partial charge in [0.2, 0.25) is 0 Å². The van der Waals surface area contributed by atoms with Gasteiger partial charge < -0.3 is 5.32 Å². The molecule has 1 fully saturated rings. The van der Waals surface area contributed by atoms with Crippen molar-refractivity contribution in [3.05, 3.63) is 42.7 Å². The first-order valence-corrected chi connectivity index (χ1v) is 9.80. The zero-order valence-corrected chi connectivity index (χ0v) is 14.2. The fraction of sp³-hybridized carbons (Fsp3) is 0.312. The van der Waals surface area contributed by atoms with Gasteiger partial charge in [0, 0.05) is 40.7 Å². The second kappa shape index (κ2) is 6.80. The Morgan fingerprint density at radius 3 is 2.96 bits per heavy atom. The molecule has 1 aliphatic heterocycles. The molecular weight excluding hydrogens is 326 g/mol. The summed E-state index contributed by atoms with van der Waals surface area (Å²) in [7, 11) is 0. The molecule has 1 saturated heterocycles. The van der Waals surface area contributed by atoms with Crippen molar-refractivity contribution in [2.24, 2.45) is 0 Å². The normalized spacial score (nSPS) is 18.2. The fourth-order valence-corrected chi connectivity index (χ4v) is 5.18. The highest BCUT2D eigenvalue weighted by Gasteiger charge is 2.15. The molecular formula is C16H17N5S2. The number of fused-ring (bicyclic) bond motifs is 1. The maximum Gasteiger partial charge on any atom is 0.254 e. The van der Waals surface area contributed by atoms with E-state index in [1.165, 1.54) is 17.3 Å². The minimum absolute atomic E-state index is 0.625. The Bertz CT molecular complexity index is 784.